The van der Waals surface area contributed by atoms with Gasteiger partial charge in [0.05, 0.1) is 25.9 Å². The van der Waals surface area contributed by atoms with Crippen LogP contribution in [-0.4, -0.2) is 55.9 Å². The predicted octanol–water partition coefficient (Wildman–Crippen LogP) is 5.53. The van der Waals surface area contributed by atoms with Crippen LogP contribution < -0.4 is 10.1 Å². The SMILES string of the molecule is COc1ccc(Cn2c(CCc3c[nH]c4ccccc34)nnc2[C@@H](Cc2c[nH]c3ccccc23)N2CCC[C@@H]2NC=O)cc1. The number of nitrogens with zero attached hydrogens (tertiary/aromatic N) is 4. The molecule has 1 aliphatic heterocycles. The second-order valence-corrected chi connectivity index (χ2v) is 11.5. The van der Waals surface area contributed by atoms with E-state index in [1.54, 1.807) is 7.11 Å². The molecule has 7 rings (SSSR count). The minimum Gasteiger partial charge on any atom is -0.497 e. The fraction of sp³-hybridized carbons (Fsp3) is 0.286. The Bertz CT molecular complexity index is 1870. The molecule has 224 valence electrons. The fourth-order valence-electron chi connectivity index (χ4n) is 6.74. The standard InChI is InChI=1S/C35H37N7O2/c1-44-27-15-12-24(13-16-27)22-42-34(17-14-25-20-36-30-9-4-2-7-28(25)30)39-40-35(42)32(41-18-6-11-33(41)38-23-43)19-26-21-37-31-10-5-3-8-29(26)31/h2-5,7-10,12-13,15-16,20-21,23,32-33,36-37H,6,11,14,17-19,22H2,1H3,(H,38,43)/t32-,33-/m1/s1. The summed E-state index contributed by atoms with van der Waals surface area (Å²) in [5.74, 6) is 2.69. The Labute approximate surface area is 256 Å². The number of aryl methyl sites for hydroxylation is 2. The summed E-state index contributed by atoms with van der Waals surface area (Å²) in [6, 6.07) is 24.9. The number of aromatic amines is 2. The van der Waals surface area contributed by atoms with Crippen LogP contribution in [0.2, 0.25) is 0 Å². The number of carbonyl (C=O) groups is 1. The first-order valence-corrected chi connectivity index (χ1v) is 15.3. The van der Waals surface area contributed by atoms with Gasteiger partial charge in [-0.05, 0) is 66.6 Å². The number of rotatable bonds is 12. The number of benzene rings is 3. The number of ether oxygens (including phenoxy) is 1. The van der Waals surface area contributed by atoms with Crippen LogP contribution in [0.3, 0.4) is 0 Å². The molecule has 2 atom stereocenters. The summed E-state index contributed by atoms with van der Waals surface area (Å²) in [6.45, 7) is 1.51. The molecule has 6 aromatic rings. The lowest BCUT2D eigenvalue weighted by molar-refractivity contribution is -0.111. The highest BCUT2D eigenvalue weighted by atomic mass is 16.5. The zero-order valence-electron chi connectivity index (χ0n) is 24.9. The normalized spacial score (nSPS) is 16.1. The smallest absolute Gasteiger partial charge is 0.208 e. The monoisotopic (exact) mass is 587 g/mol. The van der Waals surface area contributed by atoms with Gasteiger partial charge in [-0.15, -0.1) is 10.2 Å². The Kier molecular flexibility index (Phi) is 7.85. The molecule has 3 aromatic carbocycles. The van der Waals surface area contributed by atoms with Crippen LogP contribution in [0, 0.1) is 0 Å². The molecule has 1 saturated heterocycles. The molecule has 0 bridgehead atoms. The third kappa shape index (κ3) is 5.46. The van der Waals surface area contributed by atoms with E-state index in [4.69, 9.17) is 14.9 Å². The van der Waals surface area contributed by atoms with Gasteiger partial charge in [-0.3, -0.25) is 9.69 Å². The molecular weight excluding hydrogens is 550 g/mol. The first-order chi connectivity index (χ1) is 21.7. The van der Waals surface area contributed by atoms with E-state index in [0.29, 0.717) is 6.54 Å². The van der Waals surface area contributed by atoms with Crippen molar-refractivity contribution in [3.05, 3.63) is 114 Å². The van der Waals surface area contributed by atoms with Crippen molar-refractivity contribution in [2.75, 3.05) is 13.7 Å². The van der Waals surface area contributed by atoms with Crippen molar-refractivity contribution in [2.24, 2.45) is 0 Å². The van der Waals surface area contributed by atoms with Gasteiger partial charge in [0.2, 0.25) is 6.41 Å². The number of methoxy groups -OCH3 is 1. The Morgan fingerprint density at radius 1 is 0.932 bits per heavy atom. The van der Waals surface area contributed by atoms with Crippen molar-refractivity contribution in [1.29, 1.82) is 0 Å². The second-order valence-electron chi connectivity index (χ2n) is 11.5. The van der Waals surface area contributed by atoms with Crippen molar-refractivity contribution in [1.82, 2.24) is 34.9 Å². The van der Waals surface area contributed by atoms with E-state index in [0.717, 1.165) is 79.1 Å². The number of fused-ring (bicyclic) bond motifs is 2. The molecule has 0 aliphatic carbocycles. The topological polar surface area (TPSA) is 104 Å². The Morgan fingerprint density at radius 2 is 1.64 bits per heavy atom. The number of hydrogen-bond acceptors (Lipinski definition) is 5. The first-order valence-electron chi connectivity index (χ1n) is 15.3. The number of hydrogen-bond donors (Lipinski definition) is 3. The van der Waals surface area contributed by atoms with Gasteiger partial charge in [-0.1, -0.05) is 48.5 Å². The number of carbonyl (C=O) groups excluding carboxylic acids is 1. The van der Waals surface area contributed by atoms with E-state index >= 15 is 0 Å². The maximum atomic E-state index is 11.6. The summed E-state index contributed by atoms with van der Waals surface area (Å²) in [4.78, 5) is 20.9. The van der Waals surface area contributed by atoms with Gasteiger partial charge < -0.3 is 24.6 Å². The molecule has 44 heavy (non-hydrogen) atoms. The highest BCUT2D eigenvalue weighted by Crippen LogP contribution is 2.34. The van der Waals surface area contributed by atoms with Crippen LogP contribution in [0.5, 0.6) is 5.75 Å². The molecule has 0 unspecified atom stereocenters. The van der Waals surface area contributed by atoms with Crippen LogP contribution in [0.15, 0.2) is 85.2 Å². The molecule has 1 amide bonds. The van der Waals surface area contributed by atoms with E-state index in [1.165, 1.54) is 21.9 Å². The molecule has 3 aromatic heterocycles. The maximum absolute atomic E-state index is 11.6. The van der Waals surface area contributed by atoms with Gasteiger partial charge in [-0.2, -0.15) is 0 Å². The molecule has 0 saturated carbocycles. The minimum atomic E-state index is -0.0817. The summed E-state index contributed by atoms with van der Waals surface area (Å²) in [5, 5.41) is 15.3. The van der Waals surface area contributed by atoms with Crippen molar-refractivity contribution in [3.63, 3.8) is 0 Å². The van der Waals surface area contributed by atoms with Crippen LogP contribution in [-0.2, 0) is 30.6 Å². The number of nitrogens with one attached hydrogen (secondary N) is 3. The van der Waals surface area contributed by atoms with Crippen molar-refractivity contribution in [2.45, 2.75) is 50.9 Å². The zero-order chi connectivity index (χ0) is 29.9. The highest BCUT2D eigenvalue weighted by Gasteiger charge is 2.35. The summed E-state index contributed by atoms with van der Waals surface area (Å²) in [6.07, 6.45) is 9.23. The molecule has 0 spiro atoms. The predicted molar refractivity (Wildman–Crippen MR) is 171 cm³/mol. The molecule has 1 aliphatic rings. The average molecular weight is 588 g/mol. The van der Waals surface area contributed by atoms with Gasteiger partial charge in [0.1, 0.15) is 11.6 Å². The first kappa shape index (κ1) is 27.9. The van der Waals surface area contributed by atoms with E-state index in [1.807, 2.05) is 12.1 Å². The Balaban J connectivity index is 1.28. The van der Waals surface area contributed by atoms with Crippen LogP contribution in [0.25, 0.3) is 21.8 Å². The lowest BCUT2D eigenvalue weighted by Gasteiger charge is -2.32. The fourth-order valence-corrected chi connectivity index (χ4v) is 6.74. The third-order valence-corrected chi connectivity index (χ3v) is 8.99. The van der Waals surface area contributed by atoms with Crippen LogP contribution in [0.4, 0.5) is 0 Å². The molecular formula is C35H37N7O2. The van der Waals surface area contributed by atoms with Crippen LogP contribution in [0.1, 0.15) is 47.2 Å². The van der Waals surface area contributed by atoms with Crippen molar-refractivity contribution >= 4 is 28.2 Å². The summed E-state index contributed by atoms with van der Waals surface area (Å²) in [5.41, 5.74) is 5.90. The molecule has 9 nitrogen and oxygen atoms in total. The highest BCUT2D eigenvalue weighted by molar-refractivity contribution is 5.83. The van der Waals surface area contributed by atoms with E-state index in [2.05, 4.69) is 97.8 Å². The zero-order valence-corrected chi connectivity index (χ0v) is 24.9. The molecule has 1 fully saturated rings. The quantitative estimate of drug-likeness (QED) is 0.163. The largest absolute Gasteiger partial charge is 0.497 e. The van der Waals surface area contributed by atoms with Gasteiger partial charge in [0, 0.05) is 47.2 Å². The van der Waals surface area contributed by atoms with Gasteiger partial charge in [0.25, 0.3) is 0 Å². The van der Waals surface area contributed by atoms with Gasteiger partial charge >= 0.3 is 0 Å². The third-order valence-electron chi connectivity index (χ3n) is 8.99. The molecule has 0 radical (unpaired) electrons. The number of para-hydroxylation sites is 2. The Hall–Kier alpha value is -4.89. The maximum Gasteiger partial charge on any atom is 0.208 e. The van der Waals surface area contributed by atoms with Gasteiger partial charge in [-0.25, -0.2) is 0 Å². The molecule has 9 heteroatoms. The second kappa shape index (κ2) is 12.4. The summed E-state index contributed by atoms with van der Waals surface area (Å²) >= 11 is 0. The van der Waals surface area contributed by atoms with Crippen molar-refractivity contribution < 1.29 is 9.53 Å². The lowest BCUT2D eigenvalue weighted by atomic mass is 10.0. The van der Waals surface area contributed by atoms with Crippen LogP contribution >= 0.6 is 0 Å². The summed E-state index contributed by atoms with van der Waals surface area (Å²) in [7, 11) is 1.69. The molecule has 4 heterocycles. The number of amides is 1. The van der Waals surface area contributed by atoms with E-state index in [9.17, 15) is 4.79 Å². The van der Waals surface area contributed by atoms with E-state index in [-0.39, 0.29) is 12.2 Å². The number of aromatic nitrogens is 5. The number of likely N-dealkylation sites (tertiary alicyclic amines) is 1. The van der Waals surface area contributed by atoms with Crippen molar-refractivity contribution in [3.8, 4) is 5.75 Å². The number of H-pyrrole nitrogens is 2. The summed E-state index contributed by atoms with van der Waals surface area (Å²) < 4.78 is 7.72. The Morgan fingerprint density at radius 3 is 2.36 bits per heavy atom. The average Bonchev–Trinajstić information content (AvgIpc) is 3.86. The van der Waals surface area contributed by atoms with E-state index < -0.39 is 0 Å². The lowest BCUT2D eigenvalue weighted by Crippen LogP contribution is -2.44. The minimum absolute atomic E-state index is 0.0523. The molecule has 3 N–H and O–H groups in total. The van der Waals surface area contributed by atoms with Gasteiger partial charge in [0.15, 0.2) is 5.82 Å².